The molecular weight excluding hydrogens is 146 g/mol. The van der Waals surface area contributed by atoms with Crippen molar-refractivity contribution in [2.24, 2.45) is 16.7 Å². The van der Waals surface area contributed by atoms with Crippen LogP contribution in [-0.4, -0.2) is 6.04 Å². The van der Waals surface area contributed by atoms with Crippen molar-refractivity contribution in [3.8, 4) is 0 Å². The zero-order valence-electron chi connectivity index (χ0n) is 8.22. The maximum atomic E-state index is 7.18. The lowest BCUT2D eigenvalue weighted by molar-refractivity contribution is 0.147. The van der Waals surface area contributed by atoms with Gasteiger partial charge >= 0.3 is 0 Å². The van der Waals surface area contributed by atoms with E-state index in [2.05, 4.69) is 25.6 Å². The Hall–Kier alpha value is -0.510. The van der Waals surface area contributed by atoms with Gasteiger partial charge in [-0.2, -0.15) is 0 Å². The maximum Gasteiger partial charge on any atom is 0.229 e. The first-order valence-electron chi connectivity index (χ1n) is 4.89. The normalized spacial score (nSPS) is 49.2. The van der Waals surface area contributed by atoms with Crippen molar-refractivity contribution in [3.63, 3.8) is 0 Å². The predicted molar refractivity (Wildman–Crippen MR) is 49.6 cm³/mol. The molecule has 0 spiro atoms. The van der Waals surface area contributed by atoms with Gasteiger partial charge in [0.25, 0.3) is 0 Å². The molecule has 2 aliphatic carbocycles. The summed E-state index contributed by atoms with van der Waals surface area (Å²) in [5, 5.41) is 0. The van der Waals surface area contributed by atoms with Gasteiger partial charge in [-0.25, -0.2) is 6.57 Å². The third kappa shape index (κ3) is 0.648. The first kappa shape index (κ1) is 8.10. The predicted octanol–water partition coefficient (Wildman–Crippen LogP) is 3.12. The van der Waals surface area contributed by atoms with E-state index in [1.165, 1.54) is 12.8 Å². The Morgan fingerprint density at radius 1 is 1.33 bits per heavy atom. The largest absolute Gasteiger partial charge is 0.313 e. The Morgan fingerprint density at radius 2 is 2.00 bits per heavy atom. The Labute approximate surface area is 75.0 Å². The van der Waals surface area contributed by atoms with Gasteiger partial charge in [0.15, 0.2) is 0 Å². The SMILES string of the molecule is [C-]#[N+]C1C[C@H]2CC[C@]1(C)C2(C)C. The van der Waals surface area contributed by atoms with Crippen molar-refractivity contribution in [2.75, 3.05) is 0 Å². The van der Waals surface area contributed by atoms with Crippen LogP contribution in [0.15, 0.2) is 0 Å². The number of hydrogen-bond donors (Lipinski definition) is 0. The standard InChI is InChI=1S/C11H17N/c1-10(2)8-5-6-11(10,3)9(7-8)12-4/h8-9H,5-7H2,1-3H3/t8-,9?,11+/m1/s1. The van der Waals surface area contributed by atoms with E-state index in [1.54, 1.807) is 0 Å². The summed E-state index contributed by atoms with van der Waals surface area (Å²) in [7, 11) is 0. The summed E-state index contributed by atoms with van der Waals surface area (Å²) in [6, 6.07) is 0.311. The van der Waals surface area contributed by atoms with Gasteiger partial charge in [0.2, 0.25) is 6.04 Å². The minimum atomic E-state index is 0.311. The molecule has 0 aromatic carbocycles. The summed E-state index contributed by atoms with van der Waals surface area (Å²) in [6.07, 6.45) is 3.79. The molecule has 0 N–H and O–H groups in total. The van der Waals surface area contributed by atoms with Gasteiger partial charge in [-0.15, -0.1) is 0 Å². The Kier molecular flexibility index (Phi) is 1.38. The fraction of sp³-hybridized carbons (Fsp3) is 0.909. The van der Waals surface area contributed by atoms with Crippen LogP contribution in [0.5, 0.6) is 0 Å². The molecule has 0 heterocycles. The topological polar surface area (TPSA) is 4.36 Å². The monoisotopic (exact) mass is 163 g/mol. The van der Waals surface area contributed by atoms with Crippen LogP contribution < -0.4 is 0 Å². The Morgan fingerprint density at radius 3 is 2.25 bits per heavy atom. The van der Waals surface area contributed by atoms with E-state index in [1.807, 2.05) is 0 Å². The summed E-state index contributed by atoms with van der Waals surface area (Å²) < 4.78 is 0. The van der Waals surface area contributed by atoms with Crippen molar-refractivity contribution < 1.29 is 0 Å². The second-order valence-electron chi connectivity index (χ2n) is 5.26. The van der Waals surface area contributed by atoms with Crippen molar-refractivity contribution >= 4 is 0 Å². The van der Waals surface area contributed by atoms with Crippen molar-refractivity contribution in [3.05, 3.63) is 11.4 Å². The first-order chi connectivity index (χ1) is 5.52. The van der Waals surface area contributed by atoms with E-state index in [9.17, 15) is 0 Å². The molecule has 1 nitrogen and oxygen atoms in total. The van der Waals surface area contributed by atoms with Gasteiger partial charge in [0, 0.05) is 11.8 Å². The highest BCUT2D eigenvalue weighted by Gasteiger charge is 2.65. The van der Waals surface area contributed by atoms with E-state index in [-0.39, 0.29) is 0 Å². The van der Waals surface area contributed by atoms with E-state index in [0.29, 0.717) is 16.9 Å². The highest BCUT2D eigenvalue weighted by atomic mass is 14.8. The molecule has 2 fully saturated rings. The average molecular weight is 163 g/mol. The quantitative estimate of drug-likeness (QED) is 0.483. The molecule has 2 aliphatic rings. The minimum Gasteiger partial charge on any atom is -0.313 e. The van der Waals surface area contributed by atoms with Crippen LogP contribution in [-0.2, 0) is 0 Å². The fourth-order valence-electron chi connectivity index (χ4n) is 3.36. The lowest BCUT2D eigenvalue weighted by atomic mass is 9.69. The lowest BCUT2D eigenvalue weighted by Gasteiger charge is -2.33. The van der Waals surface area contributed by atoms with Crippen molar-refractivity contribution in [1.82, 2.24) is 0 Å². The summed E-state index contributed by atoms with van der Waals surface area (Å²) in [6.45, 7) is 14.2. The molecule has 2 rings (SSSR count). The van der Waals surface area contributed by atoms with E-state index < -0.39 is 0 Å². The van der Waals surface area contributed by atoms with Gasteiger partial charge in [-0.05, 0) is 24.2 Å². The minimum absolute atomic E-state index is 0.311. The van der Waals surface area contributed by atoms with Gasteiger partial charge < -0.3 is 4.85 Å². The van der Waals surface area contributed by atoms with Crippen LogP contribution >= 0.6 is 0 Å². The first-order valence-corrected chi connectivity index (χ1v) is 4.89. The molecule has 0 amide bonds. The second kappa shape index (κ2) is 2.05. The third-order valence-corrected chi connectivity index (χ3v) is 4.90. The summed E-state index contributed by atoms with van der Waals surface area (Å²) in [5.74, 6) is 0.821. The molecule has 12 heavy (non-hydrogen) atoms. The zero-order chi connectivity index (χ0) is 8.98. The summed E-state index contributed by atoms with van der Waals surface area (Å²) in [4.78, 5) is 3.79. The van der Waals surface area contributed by atoms with Crippen LogP contribution in [0.1, 0.15) is 40.0 Å². The highest BCUT2D eigenvalue weighted by Crippen LogP contribution is 2.66. The third-order valence-electron chi connectivity index (χ3n) is 4.90. The molecule has 2 bridgehead atoms. The highest BCUT2D eigenvalue weighted by molar-refractivity contribution is 5.16. The van der Waals surface area contributed by atoms with Gasteiger partial charge in [0.1, 0.15) is 0 Å². The molecular formula is C11H17N. The van der Waals surface area contributed by atoms with Gasteiger partial charge in [0.05, 0.1) is 0 Å². The van der Waals surface area contributed by atoms with Gasteiger partial charge in [-0.3, -0.25) is 0 Å². The van der Waals surface area contributed by atoms with Crippen molar-refractivity contribution in [2.45, 2.75) is 46.1 Å². The van der Waals surface area contributed by atoms with Crippen LogP contribution in [0.2, 0.25) is 0 Å². The molecule has 0 aromatic heterocycles. The van der Waals surface area contributed by atoms with E-state index >= 15 is 0 Å². The number of fused-ring (bicyclic) bond motifs is 2. The number of rotatable bonds is 0. The molecule has 0 saturated heterocycles. The van der Waals surface area contributed by atoms with Crippen LogP contribution in [0.3, 0.4) is 0 Å². The molecule has 3 atom stereocenters. The Balaban J connectivity index is 2.41. The van der Waals surface area contributed by atoms with Crippen molar-refractivity contribution in [1.29, 1.82) is 0 Å². The van der Waals surface area contributed by atoms with Crippen LogP contribution in [0, 0.1) is 23.3 Å². The second-order valence-corrected chi connectivity index (χ2v) is 5.26. The molecule has 0 radical (unpaired) electrons. The number of nitrogens with zero attached hydrogens (tertiary/aromatic N) is 1. The Bertz CT molecular complexity index is 248. The maximum absolute atomic E-state index is 7.18. The average Bonchev–Trinajstić information content (AvgIpc) is 2.34. The van der Waals surface area contributed by atoms with E-state index in [0.717, 1.165) is 12.3 Å². The summed E-state index contributed by atoms with van der Waals surface area (Å²) >= 11 is 0. The molecule has 1 heteroatoms. The molecule has 2 saturated carbocycles. The molecule has 0 aliphatic heterocycles. The molecule has 1 unspecified atom stereocenters. The van der Waals surface area contributed by atoms with E-state index in [4.69, 9.17) is 6.57 Å². The number of hydrogen-bond acceptors (Lipinski definition) is 0. The fourth-order valence-corrected chi connectivity index (χ4v) is 3.36. The van der Waals surface area contributed by atoms with Gasteiger partial charge in [-0.1, -0.05) is 20.8 Å². The summed E-state index contributed by atoms with van der Waals surface area (Å²) in [5.41, 5.74) is 0.738. The molecule has 0 aromatic rings. The zero-order valence-corrected chi connectivity index (χ0v) is 8.22. The van der Waals surface area contributed by atoms with Crippen LogP contribution in [0.4, 0.5) is 0 Å². The molecule has 66 valence electrons. The lowest BCUT2D eigenvalue weighted by Crippen LogP contribution is -2.33. The smallest absolute Gasteiger partial charge is 0.229 e. The van der Waals surface area contributed by atoms with Crippen LogP contribution in [0.25, 0.3) is 4.85 Å².